The van der Waals surface area contributed by atoms with Gasteiger partial charge in [-0.1, -0.05) is 158 Å². The van der Waals surface area contributed by atoms with E-state index in [2.05, 4.69) is 149 Å². The van der Waals surface area contributed by atoms with Gasteiger partial charge in [-0.05, 0) is 64.7 Å². The second-order valence-corrected chi connectivity index (χ2v) is 14.0. The van der Waals surface area contributed by atoms with Crippen LogP contribution in [-0.4, -0.2) is 24.1 Å². The van der Waals surface area contributed by atoms with Crippen LogP contribution in [0, 0.1) is 0 Å². The van der Waals surface area contributed by atoms with Crippen LogP contribution < -0.4 is 0 Å². The second kappa shape index (κ2) is 13.0. The van der Waals surface area contributed by atoms with Crippen molar-refractivity contribution in [3.63, 3.8) is 0 Å². The summed E-state index contributed by atoms with van der Waals surface area (Å²) in [6.45, 7) is 0. The molecule has 5 nitrogen and oxygen atoms in total. The molecule has 0 fully saturated rings. The maximum Gasteiger partial charge on any atom is 0.238 e. The molecular formula is C51H33N5. The zero-order valence-electron chi connectivity index (χ0n) is 30.3. The van der Waals surface area contributed by atoms with E-state index in [0.717, 1.165) is 49.7 Å². The van der Waals surface area contributed by atoms with E-state index in [4.69, 9.17) is 15.0 Å². The predicted molar refractivity (Wildman–Crippen MR) is 230 cm³/mol. The molecule has 8 aromatic carbocycles. The Hall–Kier alpha value is -7.63. The number of aromatic nitrogens is 5. The molecule has 0 aliphatic rings. The lowest BCUT2D eigenvalue weighted by Gasteiger charge is -2.15. The lowest BCUT2D eigenvalue weighted by Crippen LogP contribution is -2.06. The number of hydrogen-bond acceptors (Lipinski definition) is 3. The van der Waals surface area contributed by atoms with Crippen LogP contribution in [0.3, 0.4) is 0 Å². The first kappa shape index (κ1) is 31.9. The van der Waals surface area contributed by atoms with Crippen LogP contribution in [-0.2, 0) is 0 Å². The lowest BCUT2D eigenvalue weighted by atomic mass is 9.90. The summed E-state index contributed by atoms with van der Waals surface area (Å²) >= 11 is 0. The van der Waals surface area contributed by atoms with Gasteiger partial charge >= 0.3 is 0 Å². The summed E-state index contributed by atoms with van der Waals surface area (Å²) in [7, 11) is 0. The smallest absolute Gasteiger partial charge is 0.238 e. The molecule has 0 aliphatic carbocycles. The molecule has 0 bridgehead atoms. The average Bonchev–Trinajstić information content (AvgIpc) is 3.80. The van der Waals surface area contributed by atoms with E-state index < -0.39 is 0 Å². The molecule has 0 unspecified atom stereocenters. The SMILES string of the molecule is c1ccc(-c2nc(-c3ccccc3)nc(-n3c4ccccc4c4c(-c5cc6c7ccccc7n(-c7ccccc7)c6cc5-c5ccccc5)cccc43)n2)cc1. The third-order valence-electron chi connectivity index (χ3n) is 10.8. The molecule has 0 amide bonds. The summed E-state index contributed by atoms with van der Waals surface area (Å²) in [4.78, 5) is 15.4. The number of rotatable bonds is 6. The highest BCUT2D eigenvalue weighted by atomic mass is 15.2. The van der Waals surface area contributed by atoms with Crippen LogP contribution in [0.1, 0.15) is 0 Å². The highest BCUT2D eigenvalue weighted by Crippen LogP contribution is 2.45. The third kappa shape index (κ3) is 5.13. The van der Waals surface area contributed by atoms with E-state index in [0.29, 0.717) is 17.6 Å². The molecule has 0 aliphatic heterocycles. The van der Waals surface area contributed by atoms with Crippen LogP contribution >= 0.6 is 0 Å². The van der Waals surface area contributed by atoms with Crippen molar-refractivity contribution < 1.29 is 0 Å². The molecule has 11 rings (SSSR count). The van der Waals surface area contributed by atoms with Crippen LogP contribution in [0.25, 0.3) is 100 Å². The Morgan fingerprint density at radius 3 is 1.46 bits per heavy atom. The summed E-state index contributed by atoms with van der Waals surface area (Å²) in [5.74, 6) is 1.83. The molecule has 0 N–H and O–H groups in total. The van der Waals surface area contributed by atoms with Crippen molar-refractivity contribution in [2.45, 2.75) is 0 Å². The molecule has 0 atom stereocenters. The van der Waals surface area contributed by atoms with E-state index in [1.54, 1.807) is 0 Å². The lowest BCUT2D eigenvalue weighted by molar-refractivity contribution is 0.953. The van der Waals surface area contributed by atoms with Gasteiger partial charge in [0.1, 0.15) is 0 Å². The minimum absolute atomic E-state index is 0.575. The minimum atomic E-state index is 0.575. The molecule has 3 aromatic heterocycles. The Bertz CT molecular complexity index is 3160. The average molecular weight is 716 g/mol. The number of nitrogens with zero attached hydrogens (tertiary/aromatic N) is 5. The Morgan fingerprint density at radius 2 is 0.821 bits per heavy atom. The number of hydrogen-bond donors (Lipinski definition) is 0. The Kier molecular flexibility index (Phi) is 7.42. The van der Waals surface area contributed by atoms with E-state index in [1.165, 1.54) is 32.9 Å². The van der Waals surface area contributed by atoms with Gasteiger partial charge in [0.15, 0.2) is 11.6 Å². The molecule has 0 saturated heterocycles. The largest absolute Gasteiger partial charge is 0.309 e. The molecule has 56 heavy (non-hydrogen) atoms. The fourth-order valence-electron chi connectivity index (χ4n) is 8.31. The highest BCUT2D eigenvalue weighted by Gasteiger charge is 2.23. The van der Waals surface area contributed by atoms with Gasteiger partial charge < -0.3 is 4.57 Å². The van der Waals surface area contributed by atoms with E-state index >= 15 is 0 Å². The minimum Gasteiger partial charge on any atom is -0.309 e. The monoisotopic (exact) mass is 715 g/mol. The van der Waals surface area contributed by atoms with Crippen molar-refractivity contribution in [1.29, 1.82) is 0 Å². The molecule has 3 heterocycles. The van der Waals surface area contributed by atoms with Gasteiger partial charge in [0.2, 0.25) is 5.95 Å². The maximum atomic E-state index is 5.18. The van der Waals surface area contributed by atoms with Gasteiger partial charge in [0.05, 0.1) is 22.1 Å². The van der Waals surface area contributed by atoms with Crippen molar-refractivity contribution in [2.75, 3.05) is 0 Å². The molecule has 0 spiro atoms. The zero-order valence-corrected chi connectivity index (χ0v) is 30.3. The summed E-state index contributed by atoms with van der Waals surface area (Å²) < 4.78 is 4.60. The third-order valence-corrected chi connectivity index (χ3v) is 10.8. The van der Waals surface area contributed by atoms with Crippen molar-refractivity contribution in [3.05, 3.63) is 200 Å². The normalized spacial score (nSPS) is 11.6. The highest BCUT2D eigenvalue weighted by molar-refractivity contribution is 6.19. The van der Waals surface area contributed by atoms with E-state index in [-0.39, 0.29) is 0 Å². The fourth-order valence-corrected chi connectivity index (χ4v) is 8.31. The Balaban J connectivity index is 1.23. The number of fused-ring (bicyclic) bond motifs is 6. The first-order chi connectivity index (χ1) is 27.8. The van der Waals surface area contributed by atoms with Crippen LogP contribution in [0.5, 0.6) is 0 Å². The van der Waals surface area contributed by atoms with E-state index in [9.17, 15) is 0 Å². The predicted octanol–water partition coefficient (Wildman–Crippen LogP) is 12.7. The van der Waals surface area contributed by atoms with Crippen LogP contribution in [0.4, 0.5) is 0 Å². The summed E-state index contributed by atoms with van der Waals surface area (Å²) in [5, 5.41) is 4.70. The van der Waals surface area contributed by atoms with Gasteiger partial charge in [-0.25, -0.2) is 4.98 Å². The molecule has 0 radical (unpaired) electrons. The second-order valence-electron chi connectivity index (χ2n) is 14.0. The zero-order chi connectivity index (χ0) is 37.0. The summed E-state index contributed by atoms with van der Waals surface area (Å²) in [6, 6.07) is 70.5. The summed E-state index contributed by atoms with van der Waals surface area (Å²) in [6.07, 6.45) is 0. The van der Waals surface area contributed by atoms with Crippen molar-refractivity contribution in [3.8, 4) is 56.7 Å². The first-order valence-electron chi connectivity index (χ1n) is 18.9. The van der Waals surface area contributed by atoms with Gasteiger partial charge in [-0.15, -0.1) is 0 Å². The maximum absolute atomic E-state index is 5.18. The molecular weight excluding hydrogens is 683 g/mol. The van der Waals surface area contributed by atoms with Crippen molar-refractivity contribution in [2.24, 2.45) is 0 Å². The topological polar surface area (TPSA) is 48.5 Å². The van der Waals surface area contributed by atoms with Crippen molar-refractivity contribution >= 4 is 43.6 Å². The van der Waals surface area contributed by atoms with Crippen molar-refractivity contribution in [1.82, 2.24) is 24.1 Å². The van der Waals surface area contributed by atoms with E-state index in [1.807, 2.05) is 60.7 Å². The summed E-state index contributed by atoms with van der Waals surface area (Å²) in [5.41, 5.74) is 12.1. The molecule has 0 saturated carbocycles. The van der Waals surface area contributed by atoms with Gasteiger partial charge in [0.25, 0.3) is 0 Å². The Labute approximate surface area is 323 Å². The first-order valence-corrected chi connectivity index (χ1v) is 18.9. The van der Waals surface area contributed by atoms with Crippen LogP contribution in [0.15, 0.2) is 200 Å². The quantitative estimate of drug-likeness (QED) is 0.172. The molecule has 11 aromatic rings. The Morgan fingerprint density at radius 1 is 0.304 bits per heavy atom. The number of benzene rings is 8. The van der Waals surface area contributed by atoms with Gasteiger partial charge in [-0.2, -0.15) is 9.97 Å². The molecule has 5 heteroatoms. The van der Waals surface area contributed by atoms with Gasteiger partial charge in [-0.3, -0.25) is 4.57 Å². The molecule has 262 valence electrons. The fraction of sp³-hybridized carbons (Fsp3) is 0. The standard InChI is InChI=1S/C51H33N5/c1-5-18-34(19-6-1)41-33-47-43(38-26-13-15-29-44(38)55(47)37-24-11-4-12-25-37)32-42(41)39-28-17-31-46-48(39)40-27-14-16-30-45(40)56(46)51-53-49(35-20-7-2-8-21-35)52-50(54-51)36-22-9-3-10-23-36/h1-33H. The van der Waals surface area contributed by atoms with Gasteiger partial charge in [0, 0.05) is 38.4 Å². The van der Waals surface area contributed by atoms with Crippen LogP contribution in [0.2, 0.25) is 0 Å². The number of para-hydroxylation sites is 3.